The number of pyridine rings is 1. The predicted molar refractivity (Wildman–Crippen MR) is 123 cm³/mol. The number of amides is 2. The molecule has 31 heavy (non-hydrogen) atoms. The van der Waals surface area contributed by atoms with Crippen molar-refractivity contribution < 1.29 is 17.9 Å². The lowest BCUT2D eigenvalue weighted by Gasteiger charge is -2.20. The van der Waals surface area contributed by atoms with Crippen LogP contribution in [-0.2, 0) is 16.6 Å². The maximum Gasteiger partial charge on any atom is 0.335 e. The Kier molecular flexibility index (Phi) is 7.46. The summed E-state index contributed by atoms with van der Waals surface area (Å²) in [4.78, 5) is 17.0. The Labute approximate surface area is 183 Å². The number of nitrogens with one attached hydrogen (secondary N) is 1. The first kappa shape index (κ1) is 22.6. The molecule has 1 heterocycles. The summed E-state index contributed by atoms with van der Waals surface area (Å²) in [6, 6.07) is 17.9. The highest BCUT2D eigenvalue weighted by atomic mass is 32.2. The zero-order valence-corrected chi connectivity index (χ0v) is 18.6. The minimum atomic E-state index is -3.64. The standard InChI is InChI=1S/C23H27N3O4S/c1-3-4-7-16-26(31(2,28)29)23(27)25-19-12-14-21(15-13-19)30-17-20-11-10-18-8-5-6-9-22(18)24-20/h5-6,8-15H,3-4,7,16-17H2,1-2H3,(H,25,27). The normalized spacial score (nSPS) is 11.3. The van der Waals surface area contributed by atoms with Crippen molar-refractivity contribution in [1.82, 2.24) is 9.29 Å². The van der Waals surface area contributed by atoms with E-state index >= 15 is 0 Å². The number of carbonyl (C=O) groups is 1. The number of unbranched alkanes of at least 4 members (excludes halogenated alkanes) is 2. The predicted octanol–water partition coefficient (Wildman–Crippen LogP) is 4.80. The number of hydrogen-bond donors (Lipinski definition) is 1. The number of ether oxygens (including phenoxy) is 1. The minimum absolute atomic E-state index is 0.165. The molecule has 0 fully saturated rings. The number of aromatic nitrogens is 1. The van der Waals surface area contributed by atoms with Gasteiger partial charge in [-0.2, -0.15) is 0 Å². The molecule has 0 saturated carbocycles. The Hall–Kier alpha value is -3.13. The maximum absolute atomic E-state index is 12.5. The van der Waals surface area contributed by atoms with Gasteiger partial charge in [0.2, 0.25) is 10.0 Å². The fourth-order valence-corrected chi connectivity index (χ4v) is 3.90. The molecule has 8 heteroatoms. The van der Waals surface area contributed by atoms with Crippen molar-refractivity contribution in [2.45, 2.75) is 32.8 Å². The largest absolute Gasteiger partial charge is 0.487 e. The lowest BCUT2D eigenvalue weighted by Crippen LogP contribution is -2.39. The quantitative estimate of drug-likeness (QED) is 0.482. The average molecular weight is 442 g/mol. The third kappa shape index (κ3) is 6.42. The first-order valence-corrected chi connectivity index (χ1v) is 12.1. The van der Waals surface area contributed by atoms with Gasteiger partial charge in [0.1, 0.15) is 12.4 Å². The van der Waals surface area contributed by atoms with Crippen molar-refractivity contribution >= 4 is 32.6 Å². The molecule has 0 bridgehead atoms. The number of para-hydroxylation sites is 1. The van der Waals surface area contributed by atoms with Crippen molar-refractivity contribution in [2.75, 3.05) is 18.1 Å². The third-order valence-corrected chi connectivity index (χ3v) is 5.89. The molecule has 7 nitrogen and oxygen atoms in total. The van der Waals surface area contributed by atoms with Crippen molar-refractivity contribution in [3.8, 4) is 5.75 Å². The van der Waals surface area contributed by atoms with Gasteiger partial charge >= 0.3 is 6.03 Å². The molecule has 0 atom stereocenters. The van der Waals surface area contributed by atoms with Gasteiger partial charge in [-0.25, -0.2) is 22.5 Å². The van der Waals surface area contributed by atoms with Gasteiger partial charge in [-0.3, -0.25) is 0 Å². The molecule has 0 aliphatic carbocycles. The maximum atomic E-state index is 12.5. The first-order valence-electron chi connectivity index (χ1n) is 10.2. The fraction of sp³-hybridized carbons (Fsp3) is 0.304. The number of benzene rings is 2. The number of urea groups is 1. The highest BCUT2D eigenvalue weighted by Gasteiger charge is 2.22. The van der Waals surface area contributed by atoms with Gasteiger partial charge in [0.25, 0.3) is 0 Å². The Balaban J connectivity index is 1.59. The van der Waals surface area contributed by atoms with Gasteiger partial charge in [0.05, 0.1) is 17.5 Å². The van der Waals surface area contributed by atoms with E-state index in [1.54, 1.807) is 24.3 Å². The van der Waals surface area contributed by atoms with Crippen LogP contribution in [0.15, 0.2) is 60.7 Å². The van der Waals surface area contributed by atoms with Gasteiger partial charge < -0.3 is 10.1 Å². The monoisotopic (exact) mass is 441 g/mol. The van der Waals surface area contributed by atoms with Crippen LogP contribution in [0.25, 0.3) is 10.9 Å². The molecule has 0 aliphatic rings. The summed E-state index contributed by atoms with van der Waals surface area (Å²) < 4.78 is 30.6. The molecule has 0 saturated heterocycles. The Morgan fingerprint density at radius 1 is 1.03 bits per heavy atom. The van der Waals surface area contributed by atoms with Gasteiger partial charge in [0, 0.05) is 17.6 Å². The minimum Gasteiger partial charge on any atom is -0.487 e. The van der Waals surface area contributed by atoms with Crippen molar-refractivity contribution in [3.63, 3.8) is 0 Å². The highest BCUT2D eigenvalue weighted by molar-refractivity contribution is 7.88. The number of rotatable bonds is 9. The number of fused-ring (bicyclic) bond motifs is 1. The van der Waals surface area contributed by atoms with E-state index in [0.717, 1.165) is 40.0 Å². The van der Waals surface area contributed by atoms with E-state index < -0.39 is 16.1 Å². The second-order valence-corrected chi connectivity index (χ2v) is 9.19. The zero-order chi connectivity index (χ0) is 22.3. The summed E-state index contributed by atoms with van der Waals surface area (Å²) in [6.07, 6.45) is 3.47. The molecule has 3 rings (SSSR count). The molecular weight excluding hydrogens is 414 g/mol. The van der Waals surface area contributed by atoms with Crippen LogP contribution in [0.4, 0.5) is 10.5 Å². The summed E-state index contributed by atoms with van der Waals surface area (Å²) in [5.41, 5.74) is 2.22. The van der Waals surface area contributed by atoms with Crippen LogP contribution < -0.4 is 10.1 Å². The van der Waals surface area contributed by atoms with Gasteiger partial charge in [-0.1, -0.05) is 44.0 Å². The highest BCUT2D eigenvalue weighted by Crippen LogP contribution is 2.19. The summed E-state index contributed by atoms with van der Waals surface area (Å²) in [7, 11) is -3.64. The molecule has 1 aromatic heterocycles. The van der Waals surface area contributed by atoms with Gasteiger partial charge in [0.15, 0.2) is 0 Å². The van der Waals surface area contributed by atoms with Gasteiger partial charge in [-0.15, -0.1) is 0 Å². The number of sulfonamides is 1. The van der Waals surface area contributed by atoms with Crippen LogP contribution >= 0.6 is 0 Å². The van der Waals surface area contributed by atoms with E-state index in [1.807, 2.05) is 43.3 Å². The topological polar surface area (TPSA) is 88.6 Å². The molecule has 0 unspecified atom stereocenters. The van der Waals surface area contributed by atoms with E-state index in [-0.39, 0.29) is 6.54 Å². The van der Waals surface area contributed by atoms with Crippen LogP contribution in [-0.4, -0.2) is 36.5 Å². The van der Waals surface area contributed by atoms with E-state index in [9.17, 15) is 13.2 Å². The lowest BCUT2D eigenvalue weighted by atomic mass is 10.2. The SMILES string of the molecule is CCCCCN(C(=O)Nc1ccc(OCc2ccc3ccccc3n2)cc1)S(C)(=O)=O. The average Bonchev–Trinajstić information content (AvgIpc) is 2.75. The Bertz CT molecular complexity index is 1130. The van der Waals surface area contributed by atoms with Crippen LogP contribution in [0.2, 0.25) is 0 Å². The Morgan fingerprint density at radius 3 is 2.48 bits per heavy atom. The molecule has 0 aliphatic heterocycles. The van der Waals surface area contributed by atoms with Crippen molar-refractivity contribution in [2.24, 2.45) is 0 Å². The zero-order valence-electron chi connectivity index (χ0n) is 17.7. The molecule has 1 N–H and O–H groups in total. The molecule has 2 aromatic carbocycles. The van der Waals surface area contributed by atoms with Crippen LogP contribution in [0.3, 0.4) is 0 Å². The summed E-state index contributed by atoms with van der Waals surface area (Å²) in [5.74, 6) is 0.621. The molecule has 3 aromatic rings. The van der Waals surface area contributed by atoms with Gasteiger partial charge in [-0.05, 0) is 42.8 Å². The van der Waals surface area contributed by atoms with E-state index in [1.165, 1.54) is 0 Å². The summed E-state index contributed by atoms with van der Waals surface area (Å²) in [5, 5.41) is 3.71. The van der Waals surface area contributed by atoms with Crippen molar-refractivity contribution in [3.05, 3.63) is 66.4 Å². The fourth-order valence-electron chi connectivity index (χ4n) is 3.09. The number of anilines is 1. The summed E-state index contributed by atoms with van der Waals surface area (Å²) >= 11 is 0. The summed E-state index contributed by atoms with van der Waals surface area (Å²) in [6.45, 7) is 2.50. The molecule has 0 spiro atoms. The van der Waals surface area contributed by atoms with E-state index in [2.05, 4.69) is 10.3 Å². The smallest absolute Gasteiger partial charge is 0.335 e. The molecular formula is C23H27N3O4S. The van der Waals surface area contributed by atoms with E-state index in [0.29, 0.717) is 24.5 Å². The molecule has 164 valence electrons. The van der Waals surface area contributed by atoms with Crippen LogP contribution in [0.1, 0.15) is 31.9 Å². The number of carbonyl (C=O) groups excluding carboxylic acids is 1. The second-order valence-electron chi connectivity index (χ2n) is 7.28. The first-order chi connectivity index (χ1) is 14.9. The number of nitrogens with zero attached hydrogens (tertiary/aromatic N) is 2. The number of hydrogen-bond acceptors (Lipinski definition) is 5. The van der Waals surface area contributed by atoms with Crippen LogP contribution in [0, 0.1) is 0 Å². The third-order valence-electron chi connectivity index (χ3n) is 4.74. The Morgan fingerprint density at radius 2 is 1.77 bits per heavy atom. The van der Waals surface area contributed by atoms with Crippen LogP contribution in [0.5, 0.6) is 5.75 Å². The molecule has 2 amide bonds. The van der Waals surface area contributed by atoms with E-state index in [4.69, 9.17) is 4.74 Å². The second kappa shape index (κ2) is 10.3. The molecule has 0 radical (unpaired) electrons. The van der Waals surface area contributed by atoms with Crippen molar-refractivity contribution in [1.29, 1.82) is 0 Å². The lowest BCUT2D eigenvalue weighted by molar-refractivity contribution is 0.235.